The highest BCUT2D eigenvalue weighted by Crippen LogP contribution is 2.45. The highest BCUT2D eigenvalue weighted by atomic mass is 32.2. The second-order valence-corrected chi connectivity index (χ2v) is 9.76. The molecule has 0 spiro atoms. The van der Waals surface area contributed by atoms with Crippen LogP contribution in [0.3, 0.4) is 0 Å². The Kier molecular flexibility index (Phi) is 4.45. The first-order chi connectivity index (χ1) is 15.2. The van der Waals surface area contributed by atoms with Gasteiger partial charge in [-0.3, -0.25) is 9.59 Å². The molecular formula is C23H19N3O5S. The van der Waals surface area contributed by atoms with Gasteiger partial charge in [-0.05, 0) is 18.2 Å². The molecule has 1 unspecified atom stereocenters. The Labute approximate surface area is 183 Å². The summed E-state index contributed by atoms with van der Waals surface area (Å²) < 4.78 is 32.4. The number of benzene rings is 2. The molecule has 3 heterocycles. The number of fused-ring (bicyclic) bond motifs is 2. The second-order valence-electron chi connectivity index (χ2n) is 7.74. The van der Waals surface area contributed by atoms with E-state index < -0.39 is 21.8 Å². The summed E-state index contributed by atoms with van der Waals surface area (Å²) in [4.78, 5) is 28.3. The fourth-order valence-corrected chi connectivity index (χ4v) is 4.60. The van der Waals surface area contributed by atoms with Crippen LogP contribution in [0.5, 0.6) is 5.75 Å². The maximum absolute atomic E-state index is 12.8. The average Bonchev–Trinajstić information content (AvgIpc) is 3.25. The van der Waals surface area contributed by atoms with Crippen LogP contribution in [0.2, 0.25) is 0 Å². The molecule has 32 heavy (non-hydrogen) atoms. The summed E-state index contributed by atoms with van der Waals surface area (Å²) in [5.41, 5.74) is 2.18. The van der Waals surface area contributed by atoms with Crippen molar-refractivity contribution in [3.8, 4) is 16.9 Å². The zero-order valence-electron chi connectivity index (χ0n) is 17.2. The molecule has 0 fully saturated rings. The SMILES string of the molecule is Cn1cc(-c2cc(S(C)(=O)=O)cc3c2OC(c2ccccc2)C(=O)N3)c2cc[nH]c2c1=O. The monoisotopic (exact) mass is 449 g/mol. The largest absolute Gasteiger partial charge is 0.473 e. The van der Waals surface area contributed by atoms with Crippen molar-refractivity contribution in [3.05, 3.63) is 76.8 Å². The van der Waals surface area contributed by atoms with E-state index >= 15 is 0 Å². The molecule has 0 bridgehead atoms. The Morgan fingerprint density at radius 3 is 2.50 bits per heavy atom. The number of nitrogens with zero attached hydrogens (tertiary/aromatic N) is 1. The molecule has 2 aromatic heterocycles. The Balaban J connectivity index is 1.80. The van der Waals surface area contributed by atoms with Gasteiger partial charge in [-0.15, -0.1) is 0 Å². The minimum atomic E-state index is -3.59. The number of hydrogen-bond donors (Lipinski definition) is 2. The van der Waals surface area contributed by atoms with Crippen molar-refractivity contribution in [1.29, 1.82) is 0 Å². The van der Waals surface area contributed by atoms with Gasteiger partial charge in [0.1, 0.15) is 5.52 Å². The highest BCUT2D eigenvalue weighted by Gasteiger charge is 2.33. The number of aromatic amines is 1. The number of amides is 1. The molecule has 2 aromatic carbocycles. The number of hydrogen-bond acceptors (Lipinski definition) is 5. The summed E-state index contributed by atoms with van der Waals surface area (Å²) in [6.45, 7) is 0. The van der Waals surface area contributed by atoms with E-state index in [0.29, 0.717) is 33.3 Å². The third-order valence-electron chi connectivity index (χ3n) is 5.51. The molecule has 0 aliphatic carbocycles. The molecule has 0 radical (unpaired) electrons. The first kappa shape index (κ1) is 20.1. The van der Waals surface area contributed by atoms with Crippen molar-refractivity contribution in [1.82, 2.24) is 9.55 Å². The lowest BCUT2D eigenvalue weighted by molar-refractivity contribution is -0.123. The van der Waals surface area contributed by atoms with Crippen molar-refractivity contribution < 1.29 is 17.9 Å². The van der Waals surface area contributed by atoms with Crippen molar-refractivity contribution in [2.75, 3.05) is 11.6 Å². The van der Waals surface area contributed by atoms with Gasteiger partial charge in [0.25, 0.3) is 11.5 Å². The highest BCUT2D eigenvalue weighted by molar-refractivity contribution is 7.90. The van der Waals surface area contributed by atoms with Crippen molar-refractivity contribution in [2.24, 2.45) is 7.05 Å². The number of aromatic nitrogens is 2. The summed E-state index contributed by atoms with van der Waals surface area (Å²) in [6.07, 6.45) is 3.49. The van der Waals surface area contributed by atoms with Crippen LogP contribution in [-0.4, -0.2) is 30.1 Å². The summed E-state index contributed by atoms with van der Waals surface area (Å²) in [5.74, 6) is -0.0560. The van der Waals surface area contributed by atoms with E-state index in [0.717, 1.165) is 6.26 Å². The molecule has 9 heteroatoms. The zero-order valence-corrected chi connectivity index (χ0v) is 18.1. The lowest BCUT2D eigenvalue weighted by Gasteiger charge is -2.28. The molecule has 0 saturated carbocycles. The smallest absolute Gasteiger partial charge is 0.274 e. The van der Waals surface area contributed by atoms with Gasteiger partial charge in [0, 0.05) is 47.8 Å². The first-order valence-electron chi connectivity index (χ1n) is 9.81. The van der Waals surface area contributed by atoms with Gasteiger partial charge < -0.3 is 19.6 Å². The third kappa shape index (κ3) is 3.18. The van der Waals surface area contributed by atoms with E-state index in [2.05, 4.69) is 10.3 Å². The van der Waals surface area contributed by atoms with Crippen LogP contribution >= 0.6 is 0 Å². The average molecular weight is 449 g/mol. The molecular weight excluding hydrogens is 430 g/mol. The predicted octanol–water partition coefficient (Wildman–Crippen LogP) is 3.01. The number of nitrogens with one attached hydrogen (secondary N) is 2. The Bertz CT molecular complexity index is 1550. The van der Waals surface area contributed by atoms with Crippen molar-refractivity contribution in [2.45, 2.75) is 11.0 Å². The minimum absolute atomic E-state index is 0.0332. The maximum atomic E-state index is 12.8. The van der Waals surface area contributed by atoms with Crippen LogP contribution in [0, 0.1) is 0 Å². The lowest BCUT2D eigenvalue weighted by atomic mass is 9.99. The van der Waals surface area contributed by atoms with Crippen molar-refractivity contribution >= 4 is 32.3 Å². The van der Waals surface area contributed by atoms with E-state index in [1.54, 1.807) is 37.6 Å². The Hall–Kier alpha value is -3.85. The molecule has 1 aliphatic heterocycles. The van der Waals surface area contributed by atoms with Crippen LogP contribution in [0.15, 0.2) is 70.6 Å². The van der Waals surface area contributed by atoms with Gasteiger partial charge in [-0.2, -0.15) is 0 Å². The van der Waals surface area contributed by atoms with Gasteiger partial charge in [-0.1, -0.05) is 30.3 Å². The number of carbonyl (C=O) groups is 1. The predicted molar refractivity (Wildman–Crippen MR) is 121 cm³/mol. The Morgan fingerprint density at radius 2 is 1.78 bits per heavy atom. The number of carbonyl (C=O) groups excluding carboxylic acids is 1. The van der Waals surface area contributed by atoms with Crippen LogP contribution < -0.4 is 15.6 Å². The fourth-order valence-electron chi connectivity index (χ4n) is 3.94. The summed E-state index contributed by atoms with van der Waals surface area (Å²) in [5, 5.41) is 3.42. The van der Waals surface area contributed by atoms with Crippen molar-refractivity contribution in [3.63, 3.8) is 0 Å². The third-order valence-corrected chi connectivity index (χ3v) is 6.60. The number of ether oxygens (including phenoxy) is 1. The van der Waals surface area contributed by atoms with Gasteiger partial charge in [-0.25, -0.2) is 8.42 Å². The molecule has 5 rings (SSSR count). The molecule has 8 nitrogen and oxygen atoms in total. The lowest BCUT2D eigenvalue weighted by Crippen LogP contribution is -2.30. The van der Waals surface area contributed by atoms with E-state index in [-0.39, 0.29) is 16.1 Å². The van der Waals surface area contributed by atoms with Crippen LogP contribution in [0.25, 0.3) is 22.0 Å². The number of rotatable bonds is 3. The molecule has 2 N–H and O–H groups in total. The summed E-state index contributed by atoms with van der Waals surface area (Å²) in [6, 6.07) is 13.7. The number of H-pyrrole nitrogens is 1. The molecule has 162 valence electrons. The second kappa shape index (κ2) is 7.10. The summed E-state index contributed by atoms with van der Waals surface area (Å²) >= 11 is 0. The molecule has 4 aromatic rings. The van der Waals surface area contributed by atoms with Crippen LogP contribution in [0.1, 0.15) is 11.7 Å². The van der Waals surface area contributed by atoms with Gasteiger partial charge in [0.05, 0.1) is 10.6 Å². The molecule has 1 amide bonds. The van der Waals surface area contributed by atoms with E-state index in [9.17, 15) is 18.0 Å². The number of pyridine rings is 1. The quantitative estimate of drug-likeness (QED) is 0.500. The topological polar surface area (TPSA) is 110 Å². The number of aryl methyl sites for hydroxylation is 1. The fraction of sp³-hybridized carbons (Fsp3) is 0.130. The molecule has 1 aliphatic rings. The van der Waals surface area contributed by atoms with Gasteiger partial charge in [0.15, 0.2) is 15.6 Å². The maximum Gasteiger partial charge on any atom is 0.274 e. The van der Waals surface area contributed by atoms with E-state index in [1.165, 1.54) is 16.7 Å². The van der Waals surface area contributed by atoms with E-state index in [4.69, 9.17) is 4.74 Å². The van der Waals surface area contributed by atoms with Gasteiger partial charge in [0.2, 0.25) is 6.10 Å². The van der Waals surface area contributed by atoms with Gasteiger partial charge >= 0.3 is 0 Å². The van der Waals surface area contributed by atoms with Crippen LogP contribution in [-0.2, 0) is 21.7 Å². The normalized spacial score (nSPS) is 15.8. The molecule has 0 saturated heterocycles. The zero-order chi connectivity index (χ0) is 22.6. The Morgan fingerprint density at radius 1 is 1.03 bits per heavy atom. The minimum Gasteiger partial charge on any atom is -0.473 e. The standard InChI is InChI=1S/C23H19N3O5S/c1-26-12-17(15-8-9-24-19(15)23(26)28)16-10-14(32(2,29)30)11-18-21(16)31-20(22(27)25-18)13-6-4-3-5-7-13/h3-12,20,24H,1-2H3,(H,25,27). The first-order valence-corrected chi connectivity index (χ1v) is 11.7. The molecule has 1 atom stereocenters. The number of sulfone groups is 1. The summed E-state index contributed by atoms with van der Waals surface area (Å²) in [7, 11) is -1.97. The van der Waals surface area contributed by atoms with Crippen LogP contribution in [0.4, 0.5) is 5.69 Å². The number of anilines is 1. The van der Waals surface area contributed by atoms with E-state index in [1.807, 2.05) is 18.2 Å².